The minimum atomic E-state index is 0.681. The Morgan fingerprint density at radius 2 is 1.90 bits per heavy atom. The molecular weight excluding hydrogens is 244 g/mol. The van der Waals surface area contributed by atoms with Gasteiger partial charge in [0.05, 0.1) is 0 Å². The summed E-state index contributed by atoms with van der Waals surface area (Å²) < 4.78 is 0. The predicted molar refractivity (Wildman–Crippen MR) is 86.9 cm³/mol. The highest BCUT2D eigenvalue weighted by Gasteiger charge is 2.20. The van der Waals surface area contributed by atoms with Gasteiger partial charge in [0.25, 0.3) is 0 Å². The van der Waals surface area contributed by atoms with Gasteiger partial charge in [0, 0.05) is 18.6 Å². The normalized spacial score (nSPS) is 19.1. The number of benzene rings is 1. The summed E-state index contributed by atoms with van der Waals surface area (Å²) in [6.07, 6.45) is 6.57. The molecule has 1 heterocycles. The van der Waals surface area contributed by atoms with Gasteiger partial charge in [0.15, 0.2) is 0 Å². The van der Waals surface area contributed by atoms with Crippen LogP contribution in [0.3, 0.4) is 0 Å². The zero-order chi connectivity index (χ0) is 14.2. The summed E-state index contributed by atoms with van der Waals surface area (Å²) >= 11 is 0. The van der Waals surface area contributed by atoms with E-state index >= 15 is 0 Å². The van der Waals surface area contributed by atoms with E-state index in [1.165, 1.54) is 50.8 Å². The molecule has 1 unspecified atom stereocenters. The summed E-state index contributed by atoms with van der Waals surface area (Å²) in [5.41, 5.74) is 1.44. The molecule has 1 aromatic carbocycles. The Kier molecular flexibility index (Phi) is 6.55. The van der Waals surface area contributed by atoms with Gasteiger partial charge in [0.1, 0.15) is 0 Å². The van der Waals surface area contributed by atoms with Crippen LogP contribution < -0.4 is 5.32 Å². The first-order chi connectivity index (χ1) is 9.78. The SMILES string of the molecule is CCCCC(C)NC1CCN(Cc2ccccc2)CC1. The second kappa shape index (κ2) is 8.43. The smallest absolute Gasteiger partial charge is 0.0233 e. The maximum atomic E-state index is 3.81. The molecule has 0 aliphatic carbocycles. The molecule has 1 N–H and O–H groups in total. The van der Waals surface area contributed by atoms with Gasteiger partial charge in [-0.25, -0.2) is 0 Å². The summed E-state index contributed by atoms with van der Waals surface area (Å²) in [6, 6.07) is 12.2. The highest BCUT2D eigenvalue weighted by molar-refractivity contribution is 5.14. The third kappa shape index (κ3) is 5.26. The molecule has 0 aromatic heterocycles. The van der Waals surface area contributed by atoms with Gasteiger partial charge in [-0.15, -0.1) is 0 Å². The minimum absolute atomic E-state index is 0.681. The van der Waals surface area contributed by atoms with E-state index < -0.39 is 0 Å². The topological polar surface area (TPSA) is 15.3 Å². The first-order valence-corrected chi connectivity index (χ1v) is 8.30. The van der Waals surface area contributed by atoms with Crippen molar-refractivity contribution in [1.29, 1.82) is 0 Å². The van der Waals surface area contributed by atoms with Crippen molar-refractivity contribution in [2.24, 2.45) is 0 Å². The number of piperidine rings is 1. The average molecular weight is 274 g/mol. The van der Waals surface area contributed by atoms with Crippen LogP contribution in [0.25, 0.3) is 0 Å². The molecule has 1 aliphatic heterocycles. The zero-order valence-electron chi connectivity index (χ0n) is 13.1. The third-order valence-corrected chi connectivity index (χ3v) is 4.35. The molecule has 2 heteroatoms. The van der Waals surface area contributed by atoms with Crippen LogP contribution in [0.4, 0.5) is 0 Å². The maximum Gasteiger partial charge on any atom is 0.0233 e. The Morgan fingerprint density at radius 1 is 1.20 bits per heavy atom. The third-order valence-electron chi connectivity index (χ3n) is 4.35. The van der Waals surface area contributed by atoms with E-state index in [1.54, 1.807) is 0 Å². The lowest BCUT2D eigenvalue weighted by Gasteiger charge is -2.34. The van der Waals surface area contributed by atoms with Crippen molar-refractivity contribution in [3.8, 4) is 0 Å². The quantitative estimate of drug-likeness (QED) is 0.813. The lowest BCUT2D eigenvalue weighted by Crippen LogP contribution is -2.45. The molecule has 0 saturated carbocycles. The fourth-order valence-electron chi connectivity index (χ4n) is 3.10. The Balaban J connectivity index is 1.67. The number of unbranched alkanes of at least 4 members (excludes halogenated alkanes) is 1. The lowest BCUT2D eigenvalue weighted by molar-refractivity contribution is 0.184. The molecule has 1 aromatic rings. The van der Waals surface area contributed by atoms with Gasteiger partial charge in [-0.05, 0) is 44.8 Å². The Hall–Kier alpha value is -0.860. The van der Waals surface area contributed by atoms with Gasteiger partial charge in [-0.2, -0.15) is 0 Å². The lowest BCUT2D eigenvalue weighted by atomic mass is 10.0. The van der Waals surface area contributed by atoms with E-state index in [0.29, 0.717) is 6.04 Å². The first-order valence-electron chi connectivity index (χ1n) is 8.30. The first kappa shape index (κ1) is 15.5. The molecule has 2 rings (SSSR count). The summed E-state index contributed by atoms with van der Waals surface area (Å²) in [7, 11) is 0. The molecule has 1 atom stereocenters. The Morgan fingerprint density at radius 3 is 2.55 bits per heavy atom. The largest absolute Gasteiger partial charge is 0.311 e. The molecule has 1 saturated heterocycles. The van der Waals surface area contributed by atoms with Crippen LogP contribution in [0.2, 0.25) is 0 Å². The van der Waals surface area contributed by atoms with E-state index in [9.17, 15) is 0 Å². The summed E-state index contributed by atoms with van der Waals surface area (Å²) in [5.74, 6) is 0. The summed E-state index contributed by atoms with van der Waals surface area (Å²) in [4.78, 5) is 2.59. The maximum absolute atomic E-state index is 3.81. The number of hydrogen-bond acceptors (Lipinski definition) is 2. The van der Waals surface area contributed by atoms with Crippen molar-refractivity contribution < 1.29 is 0 Å². The van der Waals surface area contributed by atoms with E-state index in [-0.39, 0.29) is 0 Å². The van der Waals surface area contributed by atoms with Crippen LogP contribution in [0.15, 0.2) is 30.3 Å². The highest BCUT2D eigenvalue weighted by Crippen LogP contribution is 2.15. The van der Waals surface area contributed by atoms with E-state index in [2.05, 4.69) is 54.4 Å². The number of nitrogens with one attached hydrogen (secondary N) is 1. The Labute approximate surface area is 124 Å². The second-order valence-electron chi connectivity index (χ2n) is 6.25. The molecule has 0 bridgehead atoms. The van der Waals surface area contributed by atoms with Gasteiger partial charge in [-0.3, -0.25) is 4.90 Å². The van der Waals surface area contributed by atoms with Crippen molar-refractivity contribution in [2.75, 3.05) is 13.1 Å². The van der Waals surface area contributed by atoms with Crippen molar-refractivity contribution >= 4 is 0 Å². The van der Waals surface area contributed by atoms with Crippen molar-refractivity contribution in [1.82, 2.24) is 10.2 Å². The Bertz CT molecular complexity index is 355. The molecule has 1 fully saturated rings. The van der Waals surface area contributed by atoms with Crippen LogP contribution in [0, 0.1) is 0 Å². The fourth-order valence-corrected chi connectivity index (χ4v) is 3.10. The van der Waals surface area contributed by atoms with E-state index in [0.717, 1.165) is 12.6 Å². The number of nitrogens with zero attached hydrogens (tertiary/aromatic N) is 1. The van der Waals surface area contributed by atoms with Crippen LogP contribution in [-0.4, -0.2) is 30.1 Å². The number of likely N-dealkylation sites (tertiary alicyclic amines) is 1. The number of hydrogen-bond donors (Lipinski definition) is 1. The van der Waals surface area contributed by atoms with Gasteiger partial charge in [-0.1, -0.05) is 50.1 Å². The highest BCUT2D eigenvalue weighted by atomic mass is 15.1. The van der Waals surface area contributed by atoms with E-state index in [1.807, 2.05) is 0 Å². The molecule has 112 valence electrons. The average Bonchev–Trinajstić information content (AvgIpc) is 2.48. The zero-order valence-corrected chi connectivity index (χ0v) is 13.1. The second-order valence-corrected chi connectivity index (χ2v) is 6.25. The van der Waals surface area contributed by atoms with Crippen LogP contribution in [0.1, 0.15) is 51.5 Å². The molecule has 2 nitrogen and oxygen atoms in total. The minimum Gasteiger partial charge on any atom is -0.311 e. The standard InChI is InChI=1S/C18H30N2/c1-3-4-8-16(2)19-18-11-13-20(14-12-18)15-17-9-6-5-7-10-17/h5-7,9-10,16,18-19H,3-4,8,11-15H2,1-2H3. The van der Waals surface area contributed by atoms with Gasteiger partial charge < -0.3 is 5.32 Å². The van der Waals surface area contributed by atoms with Crippen molar-refractivity contribution in [2.45, 2.75) is 64.6 Å². The summed E-state index contributed by atoms with van der Waals surface area (Å²) in [5, 5.41) is 3.81. The summed E-state index contributed by atoms with van der Waals surface area (Å²) in [6.45, 7) is 8.18. The molecule has 20 heavy (non-hydrogen) atoms. The van der Waals surface area contributed by atoms with Crippen LogP contribution in [-0.2, 0) is 6.54 Å². The number of rotatable bonds is 7. The molecule has 0 amide bonds. The van der Waals surface area contributed by atoms with Crippen LogP contribution >= 0.6 is 0 Å². The van der Waals surface area contributed by atoms with Gasteiger partial charge >= 0.3 is 0 Å². The van der Waals surface area contributed by atoms with Crippen LogP contribution in [0.5, 0.6) is 0 Å². The van der Waals surface area contributed by atoms with Gasteiger partial charge in [0.2, 0.25) is 0 Å². The molecule has 0 radical (unpaired) electrons. The molecule has 1 aliphatic rings. The molecule has 0 spiro atoms. The van der Waals surface area contributed by atoms with Crippen molar-refractivity contribution in [3.63, 3.8) is 0 Å². The van der Waals surface area contributed by atoms with E-state index in [4.69, 9.17) is 0 Å². The molecular formula is C18H30N2. The predicted octanol–water partition coefficient (Wildman–Crippen LogP) is 3.82. The fraction of sp³-hybridized carbons (Fsp3) is 0.667. The van der Waals surface area contributed by atoms with Crippen molar-refractivity contribution in [3.05, 3.63) is 35.9 Å². The monoisotopic (exact) mass is 274 g/mol.